The van der Waals surface area contributed by atoms with Crippen LogP contribution in [0.2, 0.25) is 0 Å². The number of halogens is 1. The molecule has 0 aromatic heterocycles. The second kappa shape index (κ2) is 3.24. The molecule has 0 radical (unpaired) electrons. The summed E-state index contributed by atoms with van der Waals surface area (Å²) in [6.07, 6.45) is 2.69. The van der Waals surface area contributed by atoms with E-state index in [-0.39, 0.29) is 0 Å². The molecule has 0 N–H and O–H groups in total. The lowest BCUT2D eigenvalue weighted by Crippen LogP contribution is -2.19. The fraction of sp³-hybridized carbons (Fsp3) is 0.400. The Hall–Kier alpha value is -0.250. The molecule has 0 spiro atoms. The molecule has 1 nitrogen and oxygen atoms in total. The maximum atomic E-state index is 5.76. The molecule has 2 rings (SSSR count). The molecule has 1 atom stereocenters. The predicted molar refractivity (Wildman–Crippen MR) is 57.6 cm³/mol. The lowest BCUT2D eigenvalue weighted by molar-refractivity contribution is 0.191. The molecule has 0 amide bonds. The molecule has 1 aromatic rings. The summed E-state index contributed by atoms with van der Waals surface area (Å²) >= 11 is 2.33. The third-order valence-electron chi connectivity index (χ3n) is 2.19. The zero-order chi connectivity index (χ0) is 8.55. The van der Waals surface area contributed by atoms with Crippen molar-refractivity contribution in [3.8, 4) is 5.75 Å². The Balaban J connectivity index is 2.43. The first kappa shape index (κ1) is 8.35. The quantitative estimate of drug-likeness (QED) is 0.661. The molecule has 2 heteroatoms. The second-order valence-corrected chi connectivity index (χ2v) is 4.36. The number of hydrogen-bond donors (Lipinski definition) is 0. The Morgan fingerprint density at radius 1 is 1.50 bits per heavy atom. The van der Waals surface area contributed by atoms with E-state index >= 15 is 0 Å². The molecule has 0 aliphatic carbocycles. The standard InChI is InChI=1S/C10H11IO/c1-7-5-6-8-3-2-4-9(11)10(8)12-7/h2-4,7H,5-6H2,1H3/t7-/m1/s1. The molecule has 1 aliphatic rings. The zero-order valence-electron chi connectivity index (χ0n) is 7.01. The summed E-state index contributed by atoms with van der Waals surface area (Å²) < 4.78 is 6.99. The number of benzene rings is 1. The minimum absolute atomic E-state index is 0.383. The first-order valence-electron chi connectivity index (χ1n) is 4.21. The van der Waals surface area contributed by atoms with E-state index < -0.39 is 0 Å². The van der Waals surface area contributed by atoms with Crippen LogP contribution in [0.1, 0.15) is 18.9 Å². The second-order valence-electron chi connectivity index (χ2n) is 3.20. The molecule has 1 aromatic carbocycles. The van der Waals surface area contributed by atoms with Gasteiger partial charge in [0.05, 0.1) is 9.67 Å². The summed E-state index contributed by atoms with van der Waals surface area (Å²) in [6, 6.07) is 6.35. The van der Waals surface area contributed by atoms with Crippen LogP contribution in [0.15, 0.2) is 18.2 Å². The topological polar surface area (TPSA) is 9.23 Å². The summed E-state index contributed by atoms with van der Waals surface area (Å²) in [5, 5.41) is 0. The first-order chi connectivity index (χ1) is 5.77. The van der Waals surface area contributed by atoms with Gasteiger partial charge in [-0.05, 0) is 54.0 Å². The monoisotopic (exact) mass is 274 g/mol. The Labute approximate surface area is 86.3 Å². The highest BCUT2D eigenvalue weighted by Crippen LogP contribution is 2.31. The van der Waals surface area contributed by atoms with Crippen LogP contribution in [0.3, 0.4) is 0 Å². The highest BCUT2D eigenvalue weighted by atomic mass is 127. The van der Waals surface area contributed by atoms with E-state index in [4.69, 9.17) is 4.74 Å². The van der Waals surface area contributed by atoms with Crippen LogP contribution in [-0.4, -0.2) is 6.10 Å². The summed E-state index contributed by atoms with van der Waals surface area (Å²) in [7, 11) is 0. The predicted octanol–water partition coefficient (Wildman–Crippen LogP) is 3.00. The fourth-order valence-electron chi connectivity index (χ4n) is 1.50. The van der Waals surface area contributed by atoms with Gasteiger partial charge in [-0.3, -0.25) is 0 Å². The van der Waals surface area contributed by atoms with Crippen molar-refractivity contribution in [3.63, 3.8) is 0 Å². The van der Waals surface area contributed by atoms with Crippen molar-refractivity contribution in [2.24, 2.45) is 0 Å². The minimum atomic E-state index is 0.383. The normalized spacial score (nSPS) is 21.3. The molecule has 0 saturated heterocycles. The molecular weight excluding hydrogens is 263 g/mol. The number of para-hydroxylation sites is 1. The lowest BCUT2D eigenvalue weighted by atomic mass is 10.0. The van der Waals surface area contributed by atoms with Gasteiger partial charge in [0, 0.05) is 0 Å². The van der Waals surface area contributed by atoms with Crippen molar-refractivity contribution in [2.45, 2.75) is 25.9 Å². The Morgan fingerprint density at radius 2 is 2.33 bits per heavy atom. The van der Waals surface area contributed by atoms with Gasteiger partial charge < -0.3 is 4.74 Å². The number of ether oxygens (including phenoxy) is 1. The number of hydrogen-bond acceptors (Lipinski definition) is 1. The molecule has 0 bridgehead atoms. The highest BCUT2D eigenvalue weighted by molar-refractivity contribution is 14.1. The van der Waals surface area contributed by atoms with Gasteiger partial charge in [-0.2, -0.15) is 0 Å². The van der Waals surface area contributed by atoms with Crippen LogP contribution in [0.4, 0.5) is 0 Å². The lowest BCUT2D eigenvalue weighted by Gasteiger charge is -2.23. The minimum Gasteiger partial charge on any atom is -0.489 e. The van der Waals surface area contributed by atoms with Gasteiger partial charge >= 0.3 is 0 Å². The van der Waals surface area contributed by atoms with Crippen molar-refractivity contribution < 1.29 is 4.74 Å². The summed E-state index contributed by atoms with van der Waals surface area (Å²) in [5.41, 5.74) is 1.36. The van der Waals surface area contributed by atoms with Gasteiger partial charge in [-0.15, -0.1) is 0 Å². The van der Waals surface area contributed by atoms with Gasteiger partial charge in [0.15, 0.2) is 0 Å². The average Bonchev–Trinajstić information content (AvgIpc) is 2.07. The Morgan fingerprint density at radius 3 is 3.17 bits per heavy atom. The van der Waals surface area contributed by atoms with Gasteiger partial charge in [0.2, 0.25) is 0 Å². The molecule has 12 heavy (non-hydrogen) atoms. The van der Waals surface area contributed by atoms with Crippen molar-refractivity contribution in [1.29, 1.82) is 0 Å². The van der Waals surface area contributed by atoms with Crippen LogP contribution in [0.5, 0.6) is 5.75 Å². The van der Waals surface area contributed by atoms with Crippen LogP contribution >= 0.6 is 22.6 Å². The highest BCUT2D eigenvalue weighted by Gasteiger charge is 2.17. The average molecular weight is 274 g/mol. The molecule has 1 aliphatic heterocycles. The van der Waals surface area contributed by atoms with Crippen molar-refractivity contribution in [2.75, 3.05) is 0 Å². The third-order valence-corrected chi connectivity index (χ3v) is 3.04. The number of aryl methyl sites for hydroxylation is 1. The first-order valence-corrected chi connectivity index (χ1v) is 5.29. The Bertz CT molecular complexity index is 296. The van der Waals surface area contributed by atoms with Crippen LogP contribution in [0.25, 0.3) is 0 Å². The summed E-state index contributed by atoms with van der Waals surface area (Å²) in [6.45, 7) is 2.13. The van der Waals surface area contributed by atoms with E-state index in [2.05, 4.69) is 47.7 Å². The smallest absolute Gasteiger partial charge is 0.136 e. The number of rotatable bonds is 0. The maximum absolute atomic E-state index is 5.76. The molecule has 64 valence electrons. The largest absolute Gasteiger partial charge is 0.489 e. The fourth-order valence-corrected chi connectivity index (χ4v) is 2.18. The van der Waals surface area contributed by atoms with E-state index in [9.17, 15) is 0 Å². The zero-order valence-corrected chi connectivity index (χ0v) is 9.17. The van der Waals surface area contributed by atoms with Gasteiger partial charge in [-0.1, -0.05) is 12.1 Å². The van der Waals surface area contributed by atoms with E-state index in [0.717, 1.165) is 18.6 Å². The van der Waals surface area contributed by atoms with E-state index in [1.54, 1.807) is 0 Å². The number of fused-ring (bicyclic) bond motifs is 1. The van der Waals surface area contributed by atoms with Crippen molar-refractivity contribution in [3.05, 3.63) is 27.3 Å². The van der Waals surface area contributed by atoms with Crippen molar-refractivity contribution in [1.82, 2.24) is 0 Å². The van der Waals surface area contributed by atoms with E-state index in [1.807, 2.05) is 0 Å². The van der Waals surface area contributed by atoms with Crippen LogP contribution in [-0.2, 0) is 6.42 Å². The summed E-state index contributed by atoms with van der Waals surface area (Å²) in [5.74, 6) is 1.11. The van der Waals surface area contributed by atoms with Gasteiger partial charge in [-0.25, -0.2) is 0 Å². The molecule has 0 fully saturated rings. The van der Waals surface area contributed by atoms with E-state index in [1.165, 1.54) is 9.13 Å². The van der Waals surface area contributed by atoms with Crippen LogP contribution < -0.4 is 4.74 Å². The van der Waals surface area contributed by atoms with Crippen LogP contribution in [0, 0.1) is 3.57 Å². The van der Waals surface area contributed by atoms with E-state index in [0.29, 0.717) is 6.10 Å². The SMILES string of the molecule is C[C@@H]1CCc2cccc(I)c2O1. The molecule has 0 saturated carbocycles. The van der Waals surface area contributed by atoms with Crippen molar-refractivity contribution >= 4 is 22.6 Å². The maximum Gasteiger partial charge on any atom is 0.136 e. The molecular formula is C10H11IO. The summed E-state index contributed by atoms with van der Waals surface area (Å²) in [4.78, 5) is 0. The van der Waals surface area contributed by atoms with Gasteiger partial charge in [0.25, 0.3) is 0 Å². The van der Waals surface area contributed by atoms with Gasteiger partial charge in [0.1, 0.15) is 5.75 Å². The molecule has 1 heterocycles. The third kappa shape index (κ3) is 1.44. The Kier molecular flexibility index (Phi) is 2.26. The molecule has 0 unspecified atom stereocenters.